The molecule has 0 aromatic heterocycles. The van der Waals surface area contributed by atoms with Crippen molar-refractivity contribution in [2.75, 3.05) is 13.1 Å². The van der Waals surface area contributed by atoms with Crippen molar-refractivity contribution >= 4 is 23.2 Å². The lowest BCUT2D eigenvalue weighted by Gasteiger charge is -2.13. The van der Waals surface area contributed by atoms with Crippen molar-refractivity contribution in [1.82, 2.24) is 5.32 Å². The summed E-state index contributed by atoms with van der Waals surface area (Å²) < 4.78 is 5.71. The summed E-state index contributed by atoms with van der Waals surface area (Å²) in [7, 11) is 0. The van der Waals surface area contributed by atoms with E-state index < -0.39 is 0 Å². The van der Waals surface area contributed by atoms with Gasteiger partial charge in [-0.05, 0) is 25.1 Å². The molecule has 1 heterocycles. The number of benzene rings is 1. The Kier molecular flexibility index (Phi) is 3.16. The van der Waals surface area contributed by atoms with Crippen LogP contribution in [0.5, 0.6) is 5.75 Å². The van der Waals surface area contributed by atoms with Crippen molar-refractivity contribution in [2.45, 2.75) is 12.5 Å². The Hall–Kier alpha value is -0.440. The molecule has 1 unspecified atom stereocenters. The zero-order valence-electron chi connectivity index (χ0n) is 7.59. The van der Waals surface area contributed by atoms with E-state index in [1.165, 1.54) is 0 Å². The Labute approximate surface area is 93.2 Å². The molecule has 0 bridgehead atoms. The number of hydrogen-bond donors (Lipinski definition) is 1. The number of nitrogens with one attached hydrogen (secondary N) is 1. The average molecular weight is 232 g/mol. The van der Waals surface area contributed by atoms with E-state index in [4.69, 9.17) is 27.9 Å². The van der Waals surface area contributed by atoms with E-state index in [1.54, 1.807) is 6.07 Å². The SMILES string of the molecule is Clc1cccc(OC2CCNC2)c1Cl. The number of hydrogen-bond acceptors (Lipinski definition) is 2. The molecule has 1 fully saturated rings. The van der Waals surface area contributed by atoms with Crippen LogP contribution in [-0.4, -0.2) is 19.2 Å². The smallest absolute Gasteiger partial charge is 0.139 e. The van der Waals surface area contributed by atoms with Crippen molar-refractivity contribution in [3.63, 3.8) is 0 Å². The molecule has 0 aliphatic carbocycles. The highest BCUT2D eigenvalue weighted by atomic mass is 35.5. The molecule has 0 saturated carbocycles. The van der Waals surface area contributed by atoms with Crippen molar-refractivity contribution in [3.05, 3.63) is 28.2 Å². The third-order valence-corrected chi connectivity index (χ3v) is 3.03. The molecule has 0 spiro atoms. The first-order chi connectivity index (χ1) is 6.77. The molecule has 1 aliphatic heterocycles. The quantitative estimate of drug-likeness (QED) is 0.846. The summed E-state index contributed by atoms with van der Waals surface area (Å²) in [5, 5.41) is 4.26. The van der Waals surface area contributed by atoms with Crippen LogP contribution in [0.15, 0.2) is 18.2 Å². The second kappa shape index (κ2) is 4.39. The van der Waals surface area contributed by atoms with Crippen LogP contribution in [0.2, 0.25) is 10.0 Å². The second-order valence-electron chi connectivity index (χ2n) is 3.28. The Bertz CT molecular complexity index is 324. The van der Waals surface area contributed by atoms with Gasteiger partial charge in [-0.1, -0.05) is 29.3 Å². The molecule has 2 rings (SSSR count). The number of halogens is 2. The molecule has 4 heteroatoms. The van der Waals surface area contributed by atoms with E-state index in [9.17, 15) is 0 Å². The normalized spacial score (nSPS) is 21.1. The van der Waals surface area contributed by atoms with Crippen molar-refractivity contribution in [3.8, 4) is 5.75 Å². The molecule has 0 amide bonds. The monoisotopic (exact) mass is 231 g/mol. The first-order valence-corrected chi connectivity index (χ1v) is 5.34. The van der Waals surface area contributed by atoms with E-state index in [1.807, 2.05) is 12.1 Å². The number of rotatable bonds is 2. The van der Waals surface area contributed by atoms with Crippen LogP contribution in [0.1, 0.15) is 6.42 Å². The molecule has 2 nitrogen and oxygen atoms in total. The molecule has 1 atom stereocenters. The van der Waals surface area contributed by atoms with Gasteiger partial charge in [-0.15, -0.1) is 0 Å². The van der Waals surface area contributed by atoms with E-state index in [2.05, 4.69) is 5.32 Å². The zero-order valence-corrected chi connectivity index (χ0v) is 9.11. The Morgan fingerprint density at radius 1 is 1.36 bits per heavy atom. The second-order valence-corrected chi connectivity index (χ2v) is 4.07. The van der Waals surface area contributed by atoms with Crippen LogP contribution in [-0.2, 0) is 0 Å². The molecule has 1 aromatic carbocycles. The summed E-state index contributed by atoms with van der Waals surface area (Å²) in [6.45, 7) is 1.88. The van der Waals surface area contributed by atoms with Gasteiger partial charge in [-0.3, -0.25) is 0 Å². The van der Waals surface area contributed by atoms with Gasteiger partial charge in [-0.25, -0.2) is 0 Å². The lowest BCUT2D eigenvalue weighted by molar-refractivity contribution is 0.223. The molecular formula is C10H11Cl2NO. The zero-order chi connectivity index (χ0) is 9.97. The van der Waals surface area contributed by atoms with Gasteiger partial charge in [0.1, 0.15) is 16.9 Å². The third kappa shape index (κ3) is 2.14. The summed E-state index contributed by atoms with van der Waals surface area (Å²) in [4.78, 5) is 0. The summed E-state index contributed by atoms with van der Waals surface area (Å²) in [6.07, 6.45) is 1.23. The van der Waals surface area contributed by atoms with E-state index in [0.717, 1.165) is 19.5 Å². The van der Waals surface area contributed by atoms with Crippen molar-refractivity contribution in [1.29, 1.82) is 0 Å². The van der Waals surface area contributed by atoms with Gasteiger partial charge >= 0.3 is 0 Å². The minimum absolute atomic E-state index is 0.214. The van der Waals surface area contributed by atoms with Crippen molar-refractivity contribution < 1.29 is 4.74 Å². The van der Waals surface area contributed by atoms with Gasteiger partial charge in [0.25, 0.3) is 0 Å². The molecule has 1 N–H and O–H groups in total. The van der Waals surface area contributed by atoms with E-state index >= 15 is 0 Å². The first kappa shape index (κ1) is 10.1. The predicted molar refractivity (Wildman–Crippen MR) is 58.4 cm³/mol. The summed E-state index contributed by atoms with van der Waals surface area (Å²) in [5.74, 6) is 0.674. The van der Waals surface area contributed by atoms with Crippen LogP contribution in [0, 0.1) is 0 Å². The summed E-state index contributed by atoms with van der Waals surface area (Å²) >= 11 is 11.9. The van der Waals surface area contributed by atoms with Crippen LogP contribution in [0.3, 0.4) is 0 Å². The molecule has 14 heavy (non-hydrogen) atoms. The Morgan fingerprint density at radius 2 is 2.21 bits per heavy atom. The molecule has 1 aliphatic rings. The molecular weight excluding hydrogens is 221 g/mol. The van der Waals surface area contributed by atoms with Gasteiger partial charge in [0, 0.05) is 6.54 Å². The molecule has 1 saturated heterocycles. The van der Waals surface area contributed by atoms with Crippen LogP contribution < -0.4 is 10.1 Å². The van der Waals surface area contributed by atoms with Crippen LogP contribution >= 0.6 is 23.2 Å². The van der Waals surface area contributed by atoms with Gasteiger partial charge < -0.3 is 10.1 Å². The standard InChI is InChI=1S/C10H11Cl2NO/c11-8-2-1-3-9(10(8)12)14-7-4-5-13-6-7/h1-3,7,13H,4-6H2. The van der Waals surface area contributed by atoms with Gasteiger partial charge in [0.05, 0.1) is 5.02 Å². The minimum Gasteiger partial charge on any atom is -0.487 e. The highest BCUT2D eigenvalue weighted by molar-refractivity contribution is 6.42. The van der Waals surface area contributed by atoms with Gasteiger partial charge in [-0.2, -0.15) is 0 Å². The van der Waals surface area contributed by atoms with Gasteiger partial charge in [0.15, 0.2) is 0 Å². The lowest BCUT2D eigenvalue weighted by Crippen LogP contribution is -2.19. The summed E-state index contributed by atoms with van der Waals surface area (Å²) in [6, 6.07) is 5.43. The highest BCUT2D eigenvalue weighted by Crippen LogP contribution is 2.32. The maximum absolute atomic E-state index is 5.99. The molecule has 76 valence electrons. The maximum atomic E-state index is 5.99. The highest BCUT2D eigenvalue weighted by Gasteiger charge is 2.17. The average Bonchev–Trinajstić information content (AvgIpc) is 2.66. The summed E-state index contributed by atoms with van der Waals surface area (Å²) in [5.41, 5.74) is 0. The lowest BCUT2D eigenvalue weighted by atomic mass is 10.3. The number of ether oxygens (including phenoxy) is 1. The largest absolute Gasteiger partial charge is 0.487 e. The van der Waals surface area contributed by atoms with Gasteiger partial charge in [0.2, 0.25) is 0 Å². The fraction of sp³-hybridized carbons (Fsp3) is 0.400. The minimum atomic E-state index is 0.214. The fourth-order valence-electron chi connectivity index (χ4n) is 1.48. The maximum Gasteiger partial charge on any atom is 0.139 e. The Balaban J connectivity index is 2.11. The molecule has 1 aromatic rings. The van der Waals surface area contributed by atoms with Crippen LogP contribution in [0.4, 0.5) is 0 Å². The van der Waals surface area contributed by atoms with E-state index in [-0.39, 0.29) is 6.10 Å². The molecule has 0 radical (unpaired) electrons. The topological polar surface area (TPSA) is 21.3 Å². The Morgan fingerprint density at radius 3 is 2.93 bits per heavy atom. The third-order valence-electron chi connectivity index (χ3n) is 2.22. The van der Waals surface area contributed by atoms with E-state index in [0.29, 0.717) is 15.8 Å². The predicted octanol–water partition coefficient (Wildman–Crippen LogP) is 2.73. The first-order valence-electron chi connectivity index (χ1n) is 4.59. The van der Waals surface area contributed by atoms with Crippen LogP contribution in [0.25, 0.3) is 0 Å². The fourth-order valence-corrected chi connectivity index (χ4v) is 1.82. The van der Waals surface area contributed by atoms with Crippen molar-refractivity contribution in [2.24, 2.45) is 0 Å².